The summed E-state index contributed by atoms with van der Waals surface area (Å²) >= 11 is 0. The molecule has 0 aromatic carbocycles. The van der Waals surface area contributed by atoms with Crippen molar-refractivity contribution in [2.75, 3.05) is 13.7 Å². The van der Waals surface area contributed by atoms with Crippen LogP contribution in [0.4, 0.5) is 0 Å². The van der Waals surface area contributed by atoms with Gasteiger partial charge in [0.1, 0.15) is 0 Å². The molecule has 0 N–H and O–H groups in total. The first-order valence-corrected chi connectivity index (χ1v) is 6.02. The van der Waals surface area contributed by atoms with Crippen LogP contribution in [-0.2, 0) is 4.74 Å². The maximum atomic E-state index is 8.50. The van der Waals surface area contributed by atoms with Crippen molar-refractivity contribution in [2.24, 2.45) is 0 Å². The van der Waals surface area contributed by atoms with Crippen LogP contribution in [0.25, 0.3) is 0 Å². The van der Waals surface area contributed by atoms with Crippen LogP contribution in [0.15, 0.2) is 0 Å². The number of nitriles is 1. The predicted octanol–water partition coefficient (Wildman–Crippen LogP) is 2.57. The van der Waals surface area contributed by atoms with Crippen molar-refractivity contribution in [1.29, 1.82) is 5.26 Å². The minimum atomic E-state index is 0.166. The molecule has 0 saturated carbocycles. The number of hydrogen-bond donors (Lipinski definition) is 0. The normalized spacial score (nSPS) is 25.2. The lowest BCUT2D eigenvalue weighted by Gasteiger charge is -2.53. The second-order valence-electron chi connectivity index (χ2n) is 5.99. The van der Waals surface area contributed by atoms with E-state index >= 15 is 0 Å². The number of ether oxygens (including phenoxy) is 1. The van der Waals surface area contributed by atoms with Crippen LogP contribution in [0.5, 0.6) is 0 Å². The van der Waals surface area contributed by atoms with Gasteiger partial charge in [0.2, 0.25) is 0 Å². The van der Waals surface area contributed by atoms with Crippen molar-refractivity contribution in [3.63, 3.8) is 0 Å². The van der Waals surface area contributed by atoms with E-state index in [-0.39, 0.29) is 17.2 Å². The van der Waals surface area contributed by atoms with Crippen molar-refractivity contribution in [3.8, 4) is 6.07 Å². The summed E-state index contributed by atoms with van der Waals surface area (Å²) in [5.41, 5.74) is 0.331. The molecule has 0 amide bonds. The van der Waals surface area contributed by atoms with Crippen LogP contribution >= 0.6 is 0 Å². The van der Waals surface area contributed by atoms with Crippen LogP contribution < -0.4 is 0 Å². The molecule has 92 valence electrons. The van der Waals surface area contributed by atoms with E-state index in [9.17, 15) is 0 Å². The Morgan fingerprint density at radius 2 is 1.75 bits per heavy atom. The third kappa shape index (κ3) is 2.96. The number of piperidine rings is 1. The zero-order valence-electron chi connectivity index (χ0n) is 11.2. The molecule has 0 bridgehead atoms. The summed E-state index contributed by atoms with van der Waals surface area (Å²) in [6.45, 7) is 9.60. The Bertz CT molecular complexity index is 260. The smallest absolute Gasteiger partial charge is 0.0645 e. The molecule has 0 radical (unpaired) electrons. The van der Waals surface area contributed by atoms with E-state index < -0.39 is 0 Å². The van der Waals surface area contributed by atoms with Crippen LogP contribution in [0, 0.1) is 11.3 Å². The summed E-state index contributed by atoms with van der Waals surface area (Å²) in [7, 11) is 2.19. The lowest BCUT2D eigenvalue weighted by Crippen LogP contribution is -2.60. The highest BCUT2D eigenvalue weighted by atomic mass is 16.5. The quantitative estimate of drug-likeness (QED) is 0.691. The summed E-state index contributed by atoms with van der Waals surface area (Å²) in [5, 5.41) is 8.50. The van der Waals surface area contributed by atoms with Gasteiger partial charge in [0.25, 0.3) is 0 Å². The van der Waals surface area contributed by atoms with Crippen molar-refractivity contribution < 1.29 is 4.74 Å². The minimum absolute atomic E-state index is 0.166. The number of nitrogens with zero attached hydrogens (tertiary/aromatic N) is 2. The predicted molar refractivity (Wildman–Crippen MR) is 65.1 cm³/mol. The lowest BCUT2D eigenvalue weighted by molar-refractivity contribution is -0.0902. The molecule has 3 nitrogen and oxygen atoms in total. The van der Waals surface area contributed by atoms with Gasteiger partial charge in [-0.3, -0.25) is 4.90 Å². The fourth-order valence-corrected chi connectivity index (χ4v) is 2.67. The summed E-state index contributed by atoms with van der Waals surface area (Å²) in [6, 6.07) is 2.12. The molecule has 1 aliphatic rings. The molecule has 3 heteroatoms. The zero-order chi connectivity index (χ0) is 12.4. The average molecular weight is 224 g/mol. The highest BCUT2D eigenvalue weighted by Crippen LogP contribution is 2.37. The molecule has 1 fully saturated rings. The SMILES string of the molecule is CN1C(C)(C)CC(OCCC#N)CC1(C)C. The molecule has 0 aromatic heterocycles. The Balaban J connectivity index is 2.61. The Labute approximate surface area is 99.4 Å². The topological polar surface area (TPSA) is 36.3 Å². The standard InChI is InChI=1S/C13H24N2O/c1-12(2)9-11(16-8-6-7-14)10-13(3,4)15(12)5/h11H,6,8-10H2,1-5H3. The average Bonchev–Trinajstić information content (AvgIpc) is 2.14. The van der Waals surface area contributed by atoms with E-state index in [1.54, 1.807) is 0 Å². The van der Waals surface area contributed by atoms with Crippen LogP contribution in [0.2, 0.25) is 0 Å². The van der Waals surface area contributed by atoms with Crippen molar-refractivity contribution in [2.45, 2.75) is 64.1 Å². The van der Waals surface area contributed by atoms with Crippen LogP contribution in [0.1, 0.15) is 47.0 Å². The second-order valence-corrected chi connectivity index (χ2v) is 5.99. The van der Waals surface area contributed by atoms with Gasteiger partial charge in [-0.05, 0) is 47.6 Å². The molecule has 16 heavy (non-hydrogen) atoms. The van der Waals surface area contributed by atoms with Crippen molar-refractivity contribution in [1.82, 2.24) is 4.90 Å². The monoisotopic (exact) mass is 224 g/mol. The summed E-state index contributed by atoms with van der Waals surface area (Å²) in [5.74, 6) is 0. The molecule has 1 heterocycles. The van der Waals surface area contributed by atoms with Gasteiger partial charge in [0.15, 0.2) is 0 Å². The summed E-state index contributed by atoms with van der Waals surface area (Å²) in [6.07, 6.45) is 2.86. The van der Waals surface area contributed by atoms with Gasteiger partial charge in [-0.25, -0.2) is 0 Å². The molecule has 1 saturated heterocycles. The zero-order valence-corrected chi connectivity index (χ0v) is 11.2. The van der Waals surface area contributed by atoms with Gasteiger partial charge in [-0.15, -0.1) is 0 Å². The molecular weight excluding hydrogens is 200 g/mol. The summed E-state index contributed by atoms with van der Waals surface area (Å²) in [4.78, 5) is 2.43. The highest BCUT2D eigenvalue weighted by Gasteiger charge is 2.43. The Kier molecular flexibility index (Phi) is 3.98. The molecule has 0 atom stereocenters. The van der Waals surface area contributed by atoms with Gasteiger partial charge >= 0.3 is 0 Å². The molecule has 1 aliphatic heterocycles. The van der Waals surface area contributed by atoms with Crippen LogP contribution in [0.3, 0.4) is 0 Å². The molecule has 1 rings (SSSR count). The van der Waals surface area contributed by atoms with E-state index in [0.29, 0.717) is 13.0 Å². The first kappa shape index (κ1) is 13.5. The Morgan fingerprint density at radius 3 is 2.19 bits per heavy atom. The van der Waals surface area contributed by atoms with E-state index in [2.05, 4.69) is 45.7 Å². The molecule has 0 unspecified atom stereocenters. The van der Waals surface area contributed by atoms with Gasteiger partial charge in [0, 0.05) is 11.1 Å². The van der Waals surface area contributed by atoms with Crippen LogP contribution in [-0.4, -0.2) is 35.7 Å². The number of rotatable bonds is 3. The highest BCUT2D eigenvalue weighted by molar-refractivity contribution is 4.98. The maximum Gasteiger partial charge on any atom is 0.0645 e. The molecule has 0 aromatic rings. The second kappa shape index (κ2) is 4.73. The van der Waals surface area contributed by atoms with Gasteiger partial charge in [0.05, 0.1) is 25.2 Å². The van der Waals surface area contributed by atoms with E-state index in [4.69, 9.17) is 10.00 Å². The van der Waals surface area contributed by atoms with Gasteiger partial charge < -0.3 is 4.74 Å². The maximum absolute atomic E-state index is 8.50. The van der Waals surface area contributed by atoms with E-state index in [1.165, 1.54) is 0 Å². The Morgan fingerprint density at radius 1 is 1.25 bits per heavy atom. The first-order valence-electron chi connectivity index (χ1n) is 6.02. The minimum Gasteiger partial charge on any atom is -0.377 e. The summed E-state index contributed by atoms with van der Waals surface area (Å²) < 4.78 is 5.79. The van der Waals surface area contributed by atoms with E-state index in [1.807, 2.05) is 0 Å². The molecular formula is C13H24N2O. The largest absolute Gasteiger partial charge is 0.377 e. The number of likely N-dealkylation sites (tertiary alicyclic amines) is 1. The molecule has 0 spiro atoms. The number of hydrogen-bond acceptors (Lipinski definition) is 3. The third-order valence-electron chi connectivity index (χ3n) is 3.84. The van der Waals surface area contributed by atoms with Gasteiger partial charge in [-0.1, -0.05) is 0 Å². The first-order chi connectivity index (χ1) is 7.29. The fourth-order valence-electron chi connectivity index (χ4n) is 2.67. The molecule has 0 aliphatic carbocycles. The van der Waals surface area contributed by atoms with Gasteiger partial charge in [-0.2, -0.15) is 5.26 Å². The van der Waals surface area contributed by atoms with Crippen molar-refractivity contribution in [3.05, 3.63) is 0 Å². The third-order valence-corrected chi connectivity index (χ3v) is 3.84. The van der Waals surface area contributed by atoms with Crippen molar-refractivity contribution >= 4 is 0 Å². The van der Waals surface area contributed by atoms with E-state index in [0.717, 1.165) is 12.8 Å². The lowest BCUT2D eigenvalue weighted by atomic mass is 9.79. The fraction of sp³-hybridized carbons (Fsp3) is 0.923. The Hall–Kier alpha value is -0.590.